The van der Waals surface area contributed by atoms with Crippen LogP contribution in [-0.2, 0) is 0 Å². The van der Waals surface area contributed by atoms with E-state index in [9.17, 15) is 5.11 Å². The van der Waals surface area contributed by atoms with Gasteiger partial charge in [-0.3, -0.25) is 5.01 Å². The molecule has 172 valence electrons. The Morgan fingerprint density at radius 2 is 1.74 bits per heavy atom. The molecule has 4 aromatic rings. The molecule has 0 aliphatic rings. The molecule has 0 saturated carbocycles. The lowest BCUT2D eigenvalue weighted by Gasteiger charge is -2.15. The first-order valence-corrected chi connectivity index (χ1v) is 11.8. The van der Waals surface area contributed by atoms with E-state index in [2.05, 4.69) is 21.0 Å². The average Bonchev–Trinajstić information content (AvgIpc) is 2.87. The Morgan fingerprint density at radius 1 is 0.971 bits per heavy atom. The zero-order valence-electron chi connectivity index (χ0n) is 19.0. The van der Waals surface area contributed by atoms with Crippen molar-refractivity contribution in [2.24, 2.45) is 5.10 Å². The Bertz CT molecular complexity index is 1280. The number of hydrogen-bond donors (Lipinski definition) is 1. The van der Waals surface area contributed by atoms with Crippen molar-refractivity contribution in [3.8, 4) is 34.1 Å². The highest BCUT2D eigenvalue weighted by atomic mass is 79.9. The van der Waals surface area contributed by atoms with Gasteiger partial charge in [-0.05, 0) is 30.7 Å². The van der Waals surface area contributed by atoms with Crippen molar-refractivity contribution in [3.05, 3.63) is 88.9 Å². The predicted molar refractivity (Wildman–Crippen MR) is 140 cm³/mol. The second-order valence-electron chi connectivity index (χ2n) is 7.65. The monoisotopic (exact) mass is 516 g/mol. The van der Waals surface area contributed by atoms with Crippen molar-refractivity contribution in [2.45, 2.75) is 13.3 Å². The minimum atomic E-state index is 0.106. The summed E-state index contributed by atoms with van der Waals surface area (Å²) in [6.45, 7) is 2.64. The standard InChI is InChI=1S/C27H25BrN4O2/c1-3-15-34-23-14-11-21(25(33)16-23)18-29-32(2)26-17-24(19-7-5-4-6-8-19)30-27(31-26)20-9-12-22(28)13-10-20/h4-14,16-18,33H,3,15H2,1-2H3/b29-18+. The summed E-state index contributed by atoms with van der Waals surface area (Å²) in [6, 6.07) is 24.9. The quantitative estimate of drug-likeness (QED) is 0.212. The Kier molecular flexibility index (Phi) is 7.54. The molecule has 0 amide bonds. The highest BCUT2D eigenvalue weighted by Gasteiger charge is 2.12. The van der Waals surface area contributed by atoms with E-state index in [1.807, 2.05) is 80.7 Å². The first-order chi connectivity index (χ1) is 16.5. The van der Waals surface area contributed by atoms with Crippen LogP contribution in [0.1, 0.15) is 18.9 Å². The van der Waals surface area contributed by atoms with Crippen LogP contribution in [0.25, 0.3) is 22.6 Å². The number of hydrogen-bond acceptors (Lipinski definition) is 6. The van der Waals surface area contributed by atoms with E-state index in [-0.39, 0.29) is 5.75 Å². The summed E-state index contributed by atoms with van der Waals surface area (Å²) in [7, 11) is 1.81. The van der Waals surface area contributed by atoms with Crippen molar-refractivity contribution in [1.82, 2.24) is 9.97 Å². The van der Waals surface area contributed by atoms with Crippen LogP contribution in [0.15, 0.2) is 88.4 Å². The van der Waals surface area contributed by atoms with Gasteiger partial charge in [-0.1, -0.05) is 65.3 Å². The predicted octanol–water partition coefficient (Wildman–Crippen LogP) is 6.54. The molecule has 3 aromatic carbocycles. The van der Waals surface area contributed by atoms with Crippen LogP contribution in [0.4, 0.5) is 5.82 Å². The number of phenols is 1. The van der Waals surface area contributed by atoms with E-state index >= 15 is 0 Å². The number of ether oxygens (including phenoxy) is 1. The number of anilines is 1. The Labute approximate surface area is 207 Å². The van der Waals surface area contributed by atoms with Gasteiger partial charge in [0.25, 0.3) is 0 Å². The van der Waals surface area contributed by atoms with Crippen LogP contribution < -0.4 is 9.75 Å². The third-order valence-corrected chi connectivity index (χ3v) is 5.59. The van der Waals surface area contributed by atoms with Gasteiger partial charge in [0, 0.05) is 40.3 Å². The van der Waals surface area contributed by atoms with Gasteiger partial charge in [0.05, 0.1) is 18.5 Å². The highest BCUT2D eigenvalue weighted by Crippen LogP contribution is 2.27. The van der Waals surface area contributed by atoms with Gasteiger partial charge < -0.3 is 9.84 Å². The smallest absolute Gasteiger partial charge is 0.162 e. The SMILES string of the molecule is CCCOc1ccc(/C=N/N(C)c2cc(-c3ccccc3)nc(-c3ccc(Br)cc3)n2)c(O)c1. The fraction of sp³-hybridized carbons (Fsp3) is 0.148. The topological polar surface area (TPSA) is 70.8 Å². The molecule has 0 atom stereocenters. The van der Waals surface area contributed by atoms with Gasteiger partial charge in [-0.2, -0.15) is 5.10 Å². The van der Waals surface area contributed by atoms with E-state index in [0.29, 0.717) is 29.6 Å². The maximum Gasteiger partial charge on any atom is 0.162 e. The summed E-state index contributed by atoms with van der Waals surface area (Å²) >= 11 is 3.48. The van der Waals surface area contributed by atoms with Gasteiger partial charge in [-0.15, -0.1) is 0 Å². The van der Waals surface area contributed by atoms with Gasteiger partial charge in [-0.25, -0.2) is 9.97 Å². The first-order valence-electron chi connectivity index (χ1n) is 11.0. The fourth-order valence-corrected chi connectivity index (χ4v) is 3.50. The second kappa shape index (κ2) is 10.9. The van der Waals surface area contributed by atoms with Crippen LogP contribution in [0, 0.1) is 0 Å². The molecule has 1 aromatic heterocycles. The Hall–Kier alpha value is -3.71. The lowest BCUT2D eigenvalue weighted by Crippen LogP contribution is -2.12. The molecule has 0 aliphatic carbocycles. The van der Waals surface area contributed by atoms with Crippen LogP contribution in [0.2, 0.25) is 0 Å². The number of nitrogens with zero attached hydrogens (tertiary/aromatic N) is 4. The zero-order chi connectivity index (χ0) is 23.9. The molecule has 0 saturated heterocycles. The third kappa shape index (κ3) is 5.80. The van der Waals surface area contributed by atoms with Gasteiger partial charge >= 0.3 is 0 Å². The summed E-state index contributed by atoms with van der Waals surface area (Å²) in [4.78, 5) is 9.54. The Balaban J connectivity index is 1.66. The number of halogens is 1. The minimum Gasteiger partial charge on any atom is -0.507 e. The van der Waals surface area contributed by atoms with Crippen molar-refractivity contribution < 1.29 is 9.84 Å². The highest BCUT2D eigenvalue weighted by molar-refractivity contribution is 9.10. The number of hydrazone groups is 1. The van der Waals surface area contributed by atoms with E-state index in [0.717, 1.165) is 27.7 Å². The molecular formula is C27H25BrN4O2. The lowest BCUT2D eigenvalue weighted by molar-refractivity contribution is 0.315. The zero-order valence-corrected chi connectivity index (χ0v) is 20.6. The number of aromatic nitrogens is 2. The lowest BCUT2D eigenvalue weighted by atomic mass is 10.1. The molecule has 1 N–H and O–H groups in total. The van der Waals surface area contributed by atoms with E-state index < -0.39 is 0 Å². The molecule has 1 heterocycles. The molecule has 0 spiro atoms. The van der Waals surface area contributed by atoms with E-state index in [1.165, 1.54) is 0 Å². The summed E-state index contributed by atoms with van der Waals surface area (Å²) in [5, 5.41) is 16.5. The first kappa shape index (κ1) is 23.4. The van der Waals surface area contributed by atoms with Gasteiger partial charge in [0.1, 0.15) is 11.5 Å². The molecule has 7 heteroatoms. The summed E-state index contributed by atoms with van der Waals surface area (Å²) in [5.74, 6) is 1.97. The molecule has 0 radical (unpaired) electrons. The summed E-state index contributed by atoms with van der Waals surface area (Å²) in [6.07, 6.45) is 2.50. The Morgan fingerprint density at radius 3 is 2.44 bits per heavy atom. The van der Waals surface area contributed by atoms with Crippen LogP contribution >= 0.6 is 15.9 Å². The fourth-order valence-electron chi connectivity index (χ4n) is 3.24. The number of phenolic OH excluding ortho intramolecular Hbond substituents is 1. The number of aromatic hydroxyl groups is 1. The number of benzene rings is 3. The second-order valence-corrected chi connectivity index (χ2v) is 8.56. The third-order valence-electron chi connectivity index (χ3n) is 5.06. The maximum absolute atomic E-state index is 10.4. The maximum atomic E-state index is 10.4. The van der Waals surface area contributed by atoms with Gasteiger partial charge in [0.2, 0.25) is 0 Å². The normalized spacial score (nSPS) is 11.0. The molecule has 34 heavy (non-hydrogen) atoms. The van der Waals surface area contributed by atoms with Gasteiger partial charge in [0.15, 0.2) is 11.6 Å². The molecule has 0 fully saturated rings. The molecule has 0 aliphatic heterocycles. The molecule has 0 bridgehead atoms. The van der Waals surface area contributed by atoms with Crippen molar-refractivity contribution in [3.63, 3.8) is 0 Å². The molecule has 0 unspecified atom stereocenters. The van der Waals surface area contributed by atoms with Crippen LogP contribution in [0.3, 0.4) is 0 Å². The average molecular weight is 517 g/mol. The van der Waals surface area contributed by atoms with Crippen LogP contribution in [0.5, 0.6) is 11.5 Å². The van der Waals surface area contributed by atoms with Crippen molar-refractivity contribution in [1.29, 1.82) is 0 Å². The number of rotatable bonds is 8. The molecule has 4 rings (SSSR count). The summed E-state index contributed by atoms with van der Waals surface area (Å²) in [5.41, 5.74) is 3.27. The molecule has 6 nitrogen and oxygen atoms in total. The van der Waals surface area contributed by atoms with E-state index in [1.54, 1.807) is 23.4 Å². The summed E-state index contributed by atoms with van der Waals surface area (Å²) < 4.78 is 6.56. The van der Waals surface area contributed by atoms with Crippen molar-refractivity contribution in [2.75, 3.05) is 18.7 Å². The molecular weight excluding hydrogens is 492 g/mol. The van der Waals surface area contributed by atoms with E-state index in [4.69, 9.17) is 14.7 Å². The largest absolute Gasteiger partial charge is 0.507 e. The minimum absolute atomic E-state index is 0.106. The van der Waals surface area contributed by atoms with Crippen molar-refractivity contribution >= 4 is 28.0 Å². The van der Waals surface area contributed by atoms with Crippen LogP contribution in [-0.4, -0.2) is 34.9 Å².